The van der Waals surface area contributed by atoms with E-state index in [-0.39, 0.29) is 22.6 Å². The van der Waals surface area contributed by atoms with E-state index in [0.717, 1.165) is 36.4 Å². The number of rotatable bonds is 15. The second-order valence-electron chi connectivity index (χ2n) is 17.9. The minimum Gasteiger partial charge on any atom is -0.508 e. The zero-order chi connectivity index (χ0) is 55.9. The molecule has 0 radical (unpaired) electrons. The van der Waals surface area contributed by atoms with Crippen LogP contribution < -0.4 is 0 Å². The Bertz CT molecular complexity index is 2530. The van der Waals surface area contributed by atoms with Gasteiger partial charge in [0, 0.05) is 0 Å². The molecule has 0 aromatic heterocycles. The maximum atomic E-state index is 15.3. The fourth-order valence-electron chi connectivity index (χ4n) is 9.07. The molecule has 2 heterocycles. The summed E-state index contributed by atoms with van der Waals surface area (Å²) in [4.78, 5) is 60.1. The number of hydrogen-bond donors (Lipinski definition) is 21. The van der Waals surface area contributed by atoms with Crippen molar-refractivity contribution in [1.82, 2.24) is 0 Å². The molecule has 0 saturated carbocycles. The summed E-state index contributed by atoms with van der Waals surface area (Å²) in [5.74, 6) is -20.2. The largest absolute Gasteiger partial charge is 0.508 e. The molecular weight excluding hydrogens is 1010 g/mol. The van der Waals surface area contributed by atoms with Crippen molar-refractivity contribution in [2.75, 3.05) is 19.8 Å². The van der Waals surface area contributed by atoms with Crippen molar-refractivity contribution in [2.24, 2.45) is 5.92 Å². The predicted molar refractivity (Wildman–Crippen MR) is 245 cm³/mol. The summed E-state index contributed by atoms with van der Waals surface area (Å²) in [7, 11) is 0. The van der Waals surface area contributed by atoms with Crippen molar-refractivity contribution < 1.29 is 136 Å². The molecule has 0 unspecified atom stereocenters. The number of benzene rings is 2. The van der Waals surface area contributed by atoms with E-state index in [1.165, 1.54) is 24.3 Å². The molecule has 27 nitrogen and oxygen atoms in total. The van der Waals surface area contributed by atoms with Gasteiger partial charge in [-0.2, -0.15) is 0 Å². The van der Waals surface area contributed by atoms with Crippen LogP contribution in [0.2, 0.25) is 0 Å². The minimum atomic E-state index is -4.30. The first kappa shape index (κ1) is 57.9. The highest BCUT2D eigenvalue weighted by Crippen LogP contribution is 2.48. The average molecular weight is 1060 g/mol. The maximum absolute atomic E-state index is 15.3. The molecule has 0 amide bonds. The Kier molecular flexibility index (Phi) is 17.4. The molecule has 0 spiro atoms. The first-order chi connectivity index (χ1) is 35.2. The number of hydrogen-bond acceptors (Lipinski definition) is 27. The lowest BCUT2D eigenvalue weighted by Gasteiger charge is -2.48. The van der Waals surface area contributed by atoms with Gasteiger partial charge in [-0.05, 0) is 47.5 Å². The molecule has 0 bridgehead atoms. The standard InChI is InChI=1S/C48H54O27/c49-13-22(56)30(57)36(63)35(62)27(28-33(60)25(20(54)11-5-16-1-7-18(52)8-2-16)41(68)47(72,43(28)70)45-39(66)37(64)31(58)23(14-50)74-45)29-34(61)26(21(55)12-6-17-3-9-19(53)10-4-17)42(69)48(73,44(29)71)46-40(67)38(65)32(59)24(15-51)75-46/h1-12,22-24,27,30-32,35-40,45-46,49-67,72-73H,13-15H2/t22-,23+,24+,27?,30-,31+,32+,35-,36-,37-,38-,39+,40+,45+,46+,47+,48+/m0/s1. The number of ether oxygens (including phenoxy) is 2. The number of Topliss-reactive ketones (excluding diaryl/α,β-unsaturated/α-hetero) is 4. The summed E-state index contributed by atoms with van der Waals surface area (Å²) < 4.78 is 10.7. The molecule has 2 saturated heterocycles. The molecule has 2 aromatic rings. The van der Waals surface area contributed by atoms with Crippen LogP contribution in [0, 0.1) is 5.92 Å². The van der Waals surface area contributed by atoms with E-state index in [2.05, 4.69) is 0 Å². The SMILES string of the molecule is O=C1C(=C(O)C=Cc2ccc(O)cc2)C(O)=C(C(C2=C(O)C(=C(O)C=Cc3ccc(O)cc3)C(=O)[C@](O)([C@@H]3O[C@H](CO)[C@@H](O)[C@H](O)[C@H]3O)C2=O)[C@H](O)[C@@H](O)[C@@H](O)[C@@H](O)CO)C(=O)[C@@]1(O)[C@@H]1O[C@H](CO)[C@@H](O)[C@H](O)[C@H]1O. The first-order valence-electron chi connectivity index (χ1n) is 22.4. The summed E-state index contributed by atoms with van der Waals surface area (Å²) in [6, 6.07) is 9.47. The molecule has 4 aliphatic rings. The van der Waals surface area contributed by atoms with Crippen molar-refractivity contribution in [3.63, 3.8) is 0 Å². The average Bonchev–Trinajstić information content (AvgIpc) is 3.39. The number of aliphatic hydroxyl groups is 19. The number of aromatic hydroxyl groups is 2. The number of allylic oxidation sites excluding steroid dienone is 4. The summed E-state index contributed by atoms with van der Waals surface area (Å²) in [6.45, 7) is -4.07. The topological polar surface area (TPSA) is 512 Å². The second kappa shape index (κ2) is 22.5. The molecule has 408 valence electrons. The van der Waals surface area contributed by atoms with Crippen molar-refractivity contribution in [3.8, 4) is 11.5 Å². The van der Waals surface area contributed by atoms with Crippen molar-refractivity contribution in [1.29, 1.82) is 0 Å². The Morgan fingerprint density at radius 3 is 1.17 bits per heavy atom. The monoisotopic (exact) mass is 1060 g/mol. The normalized spacial score (nSPS) is 34.5. The molecule has 2 aliphatic carbocycles. The number of phenols is 2. The highest BCUT2D eigenvalue weighted by Gasteiger charge is 2.68. The zero-order valence-corrected chi connectivity index (χ0v) is 38.6. The van der Waals surface area contributed by atoms with Gasteiger partial charge in [-0.15, -0.1) is 0 Å². The van der Waals surface area contributed by atoms with Gasteiger partial charge in [-0.25, -0.2) is 0 Å². The predicted octanol–water partition coefficient (Wildman–Crippen LogP) is -6.42. The van der Waals surface area contributed by atoms with E-state index in [0.29, 0.717) is 12.2 Å². The summed E-state index contributed by atoms with van der Waals surface area (Å²) in [5.41, 5.74) is -15.7. The van der Waals surface area contributed by atoms with Crippen LogP contribution in [0.3, 0.4) is 0 Å². The van der Waals surface area contributed by atoms with Crippen LogP contribution in [0.5, 0.6) is 11.5 Å². The van der Waals surface area contributed by atoms with E-state index in [9.17, 15) is 117 Å². The van der Waals surface area contributed by atoms with Crippen LogP contribution >= 0.6 is 0 Å². The Balaban J connectivity index is 1.77. The van der Waals surface area contributed by atoms with Gasteiger partial charge in [0.2, 0.25) is 34.3 Å². The molecule has 21 N–H and O–H groups in total. The number of aliphatic hydroxyl groups excluding tert-OH is 17. The summed E-state index contributed by atoms with van der Waals surface area (Å²) in [5, 5.41) is 233. The van der Waals surface area contributed by atoms with Crippen molar-refractivity contribution in [3.05, 3.63) is 117 Å². The van der Waals surface area contributed by atoms with Gasteiger partial charge in [0.05, 0.1) is 43.0 Å². The van der Waals surface area contributed by atoms with Crippen LogP contribution in [0.25, 0.3) is 12.2 Å². The molecule has 16 atom stereocenters. The number of ketones is 4. The fraction of sp³-hybridized carbons (Fsp3) is 0.417. The molecule has 27 heteroatoms. The minimum absolute atomic E-state index is 0.0960. The van der Waals surface area contributed by atoms with Gasteiger partial charge in [-0.3, -0.25) is 19.2 Å². The Morgan fingerprint density at radius 2 is 0.853 bits per heavy atom. The van der Waals surface area contributed by atoms with E-state index in [4.69, 9.17) is 9.47 Å². The summed E-state index contributed by atoms with van der Waals surface area (Å²) in [6.07, 6.45) is -34.3. The Hall–Kier alpha value is -6.32. The van der Waals surface area contributed by atoms with Crippen LogP contribution in [0.4, 0.5) is 0 Å². The third-order valence-corrected chi connectivity index (χ3v) is 13.3. The van der Waals surface area contributed by atoms with Crippen molar-refractivity contribution in [2.45, 2.75) is 96.7 Å². The highest BCUT2D eigenvalue weighted by atomic mass is 16.6. The molecule has 2 aromatic carbocycles. The Labute approximate surface area is 421 Å². The lowest BCUT2D eigenvalue weighted by molar-refractivity contribution is -0.261. The molecular formula is C48H54O27. The number of carbonyl (C=O) groups excluding carboxylic acids is 4. The van der Waals surface area contributed by atoms with Crippen LogP contribution in [0.15, 0.2) is 106 Å². The van der Waals surface area contributed by atoms with Gasteiger partial charge in [-0.1, -0.05) is 36.4 Å². The van der Waals surface area contributed by atoms with Crippen LogP contribution in [0.1, 0.15) is 11.1 Å². The lowest BCUT2D eigenvalue weighted by Crippen LogP contribution is -2.72. The molecule has 75 heavy (non-hydrogen) atoms. The van der Waals surface area contributed by atoms with Crippen LogP contribution in [-0.4, -0.2) is 247 Å². The third kappa shape index (κ3) is 10.1. The van der Waals surface area contributed by atoms with E-state index < -0.39 is 191 Å². The van der Waals surface area contributed by atoms with Gasteiger partial charge in [0.15, 0.2) is 0 Å². The van der Waals surface area contributed by atoms with Gasteiger partial charge in [0.1, 0.15) is 125 Å². The number of phenolic OH excluding ortho intramolecular Hbond substituents is 2. The lowest BCUT2D eigenvalue weighted by atomic mass is 9.62. The Morgan fingerprint density at radius 1 is 0.507 bits per heavy atom. The first-order valence-corrected chi connectivity index (χ1v) is 22.4. The smallest absolute Gasteiger partial charge is 0.219 e. The van der Waals surface area contributed by atoms with Crippen LogP contribution in [-0.2, 0) is 28.7 Å². The van der Waals surface area contributed by atoms with Gasteiger partial charge < -0.3 is 117 Å². The highest BCUT2D eigenvalue weighted by molar-refractivity contribution is 6.31. The maximum Gasteiger partial charge on any atom is 0.219 e. The van der Waals surface area contributed by atoms with Gasteiger partial charge >= 0.3 is 0 Å². The van der Waals surface area contributed by atoms with Gasteiger partial charge in [0.25, 0.3) is 0 Å². The van der Waals surface area contributed by atoms with Crippen molar-refractivity contribution >= 4 is 35.3 Å². The summed E-state index contributed by atoms with van der Waals surface area (Å²) >= 11 is 0. The second-order valence-corrected chi connectivity index (χ2v) is 17.9. The quantitative estimate of drug-likeness (QED) is 0.0448. The fourth-order valence-corrected chi connectivity index (χ4v) is 9.07. The zero-order valence-electron chi connectivity index (χ0n) is 38.6. The number of carbonyl (C=O) groups is 4. The van der Waals surface area contributed by atoms with E-state index in [1.54, 1.807) is 0 Å². The molecule has 6 rings (SSSR count). The molecule has 2 fully saturated rings. The van der Waals surface area contributed by atoms with E-state index >= 15 is 9.59 Å². The molecule has 2 aliphatic heterocycles. The van der Waals surface area contributed by atoms with E-state index in [1.807, 2.05) is 0 Å². The third-order valence-electron chi connectivity index (χ3n) is 13.3.